The van der Waals surface area contributed by atoms with Gasteiger partial charge < -0.3 is 0 Å². The van der Waals surface area contributed by atoms with E-state index in [2.05, 4.69) is 38.9 Å². The first kappa shape index (κ1) is 13.2. The van der Waals surface area contributed by atoms with Gasteiger partial charge in [0.2, 0.25) is 0 Å². The summed E-state index contributed by atoms with van der Waals surface area (Å²) in [4.78, 5) is 15.5. The lowest BCUT2D eigenvalue weighted by Crippen LogP contribution is -2.26. The molecule has 4 nitrogen and oxygen atoms in total. The monoisotopic (exact) mass is 268 g/mol. The third kappa shape index (κ3) is 2.85. The highest BCUT2D eigenvalue weighted by Crippen LogP contribution is 2.18. The Morgan fingerprint density at radius 2 is 1.90 bits per heavy atom. The fraction of sp³-hybridized carbons (Fsp3) is 0.438. The van der Waals surface area contributed by atoms with E-state index in [4.69, 9.17) is 0 Å². The van der Waals surface area contributed by atoms with Crippen LogP contribution >= 0.6 is 0 Å². The van der Waals surface area contributed by atoms with Crippen LogP contribution < -0.4 is 0 Å². The molecular formula is C16H20N4. The molecule has 1 aliphatic rings. The molecule has 0 atom stereocenters. The molecule has 104 valence electrons. The lowest BCUT2D eigenvalue weighted by atomic mass is 10.1. The summed E-state index contributed by atoms with van der Waals surface area (Å²) < 4.78 is 0. The van der Waals surface area contributed by atoms with Gasteiger partial charge in [-0.15, -0.1) is 0 Å². The average molecular weight is 268 g/mol. The third-order valence-electron chi connectivity index (χ3n) is 3.96. The molecule has 0 amide bonds. The van der Waals surface area contributed by atoms with Crippen molar-refractivity contribution in [2.24, 2.45) is 0 Å². The Morgan fingerprint density at radius 3 is 2.70 bits per heavy atom. The highest BCUT2D eigenvalue weighted by Gasteiger charge is 2.17. The van der Waals surface area contributed by atoms with Crippen molar-refractivity contribution in [3.8, 4) is 0 Å². The second kappa shape index (κ2) is 6.09. The first-order valence-corrected chi connectivity index (χ1v) is 7.29. The fourth-order valence-electron chi connectivity index (χ4n) is 2.85. The minimum absolute atomic E-state index is 0.991. The molecule has 1 aliphatic heterocycles. The summed E-state index contributed by atoms with van der Waals surface area (Å²) >= 11 is 0. The summed E-state index contributed by atoms with van der Waals surface area (Å²) in [6.45, 7) is 5.30. The lowest BCUT2D eigenvalue weighted by molar-refractivity contribution is 0.279. The maximum absolute atomic E-state index is 4.48. The Bertz CT molecular complexity index is 568. The van der Waals surface area contributed by atoms with Crippen molar-refractivity contribution in [3.63, 3.8) is 0 Å². The van der Waals surface area contributed by atoms with E-state index in [1.807, 2.05) is 12.4 Å². The molecule has 0 fully saturated rings. The summed E-state index contributed by atoms with van der Waals surface area (Å²) in [5.41, 5.74) is 5.18. The highest BCUT2D eigenvalue weighted by molar-refractivity contribution is 5.26. The molecule has 0 unspecified atom stereocenters. The molecule has 0 N–H and O–H groups in total. The quantitative estimate of drug-likeness (QED) is 0.854. The first-order valence-electron chi connectivity index (χ1n) is 7.29. The zero-order valence-corrected chi connectivity index (χ0v) is 11.9. The summed E-state index contributed by atoms with van der Waals surface area (Å²) in [5, 5.41) is 0. The van der Waals surface area contributed by atoms with Crippen LogP contribution in [-0.2, 0) is 25.8 Å². The summed E-state index contributed by atoms with van der Waals surface area (Å²) in [7, 11) is 0. The molecule has 4 heteroatoms. The molecule has 0 bridgehead atoms. The normalized spacial score (nSPS) is 15.7. The van der Waals surface area contributed by atoms with Gasteiger partial charge in [0, 0.05) is 49.8 Å². The van der Waals surface area contributed by atoms with Crippen LogP contribution in [0.4, 0.5) is 0 Å². The van der Waals surface area contributed by atoms with E-state index < -0.39 is 0 Å². The number of rotatable bonds is 3. The van der Waals surface area contributed by atoms with Crippen LogP contribution in [0.5, 0.6) is 0 Å². The minimum Gasteiger partial charge on any atom is -0.298 e. The van der Waals surface area contributed by atoms with Crippen molar-refractivity contribution >= 4 is 0 Å². The number of hydrogen-bond acceptors (Lipinski definition) is 4. The van der Waals surface area contributed by atoms with Crippen LogP contribution in [0.15, 0.2) is 30.9 Å². The second-order valence-electron chi connectivity index (χ2n) is 5.23. The molecule has 0 spiro atoms. The van der Waals surface area contributed by atoms with Gasteiger partial charge in [-0.1, -0.05) is 6.92 Å². The topological polar surface area (TPSA) is 41.9 Å². The number of aromatic nitrogens is 3. The Kier molecular flexibility index (Phi) is 4.02. The van der Waals surface area contributed by atoms with Crippen molar-refractivity contribution in [2.75, 3.05) is 13.1 Å². The van der Waals surface area contributed by atoms with Crippen LogP contribution in [-0.4, -0.2) is 32.9 Å². The van der Waals surface area contributed by atoms with E-state index in [0.29, 0.717) is 0 Å². The lowest BCUT2D eigenvalue weighted by Gasteiger charge is -2.19. The maximum atomic E-state index is 4.48. The van der Waals surface area contributed by atoms with E-state index in [0.717, 1.165) is 38.9 Å². The predicted molar refractivity (Wildman–Crippen MR) is 78.3 cm³/mol. The largest absolute Gasteiger partial charge is 0.298 e. The van der Waals surface area contributed by atoms with Gasteiger partial charge in [0.05, 0.1) is 0 Å². The zero-order chi connectivity index (χ0) is 13.8. The fourth-order valence-corrected chi connectivity index (χ4v) is 2.85. The zero-order valence-electron chi connectivity index (χ0n) is 11.9. The smallest absolute Gasteiger partial charge is 0.115 e. The molecule has 2 aromatic heterocycles. The van der Waals surface area contributed by atoms with Crippen LogP contribution in [0.1, 0.15) is 29.4 Å². The van der Waals surface area contributed by atoms with Crippen LogP contribution in [0.25, 0.3) is 0 Å². The van der Waals surface area contributed by atoms with Gasteiger partial charge in [-0.25, -0.2) is 9.97 Å². The van der Waals surface area contributed by atoms with Gasteiger partial charge in [0.1, 0.15) is 6.33 Å². The molecule has 20 heavy (non-hydrogen) atoms. The van der Waals surface area contributed by atoms with E-state index in [-0.39, 0.29) is 0 Å². The van der Waals surface area contributed by atoms with Gasteiger partial charge in [0.15, 0.2) is 0 Å². The van der Waals surface area contributed by atoms with Crippen molar-refractivity contribution in [1.82, 2.24) is 19.9 Å². The molecular weight excluding hydrogens is 248 g/mol. The Morgan fingerprint density at radius 1 is 1.10 bits per heavy atom. The van der Waals surface area contributed by atoms with Gasteiger partial charge in [0.25, 0.3) is 0 Å². The molecule has 0 saturated carbocycles. The molecule has 0 aromatic carbocycles. The van der Waals surface area contributed by atoms with Gasteiger partial charge in [-0.3, -0.25) is 9.88 Å². The van der Waals surface area contributed by atoms with Crippen molar-refractivity contribution in [1.29, 1.82) is 0 Å². The molecule has 3 heterocycles. The maximum Gasteiger partial charge on any atom is 0.115 e. The summed E-state index contributed by atoms with van der Waals surface area (Å²) in [6.07, 6.45) is 8.52. The van der Waals surface area contributed by atoms with Crippen LogP contribution in [0.3, 0.4) is 0 Å². The van der Waals surface area contributed by atoms with Crippen LogP contribution in [0, 0.1) is 0 Å². The Hall–Kier alpha value is -1.81. The molecule has 3 rings (SSSR count). The first-order chi connectivity index (χ1) is 9.86. The number of pyridine rings is 1. The number of nitrogens with zero attached hydrogens (tertiary/aromatic N) is 4. The van der Waals surface area contributed by atoms with Gasteiger partial charge in [-0.05, 0) is 36.1 Å². The Labute approximate surface area is 119 Å². The molecule has 0 saturated heterocycles. The molecule has 2 aromatic rings. The molecule has 0 aliphatic carbocycles. The van der Waals surface area contributed by atoms with E-state index >= 15 is 0 Å². The standard InChI is InChI=1S/C16H20N4/c1-2-15-14-5-9-20(10-6-16(14)19-12-18-15)11-13-3-7-17-8-4-13/h3-4,7-8,12H,2,5-6,9-11H2,1H3. The third-order valence-corrected chi connectivity index (χ3v) is 3.96. The van der Waals surface area contributed by atoms with Gasteiger partial charge in [-0.2, -0.15) is 0 Å². The predicted octanol–water partition coefficient (Wildman–Crippen LogP) is 2.03. The Balaban J connectivity index is 1.73. The van der Waals surface area contributed by atoms with Gasteiger partial charge >= 0.3 is 0 Å². The number of aryl methyl sites for hydroxylation is 1. The second-order valence-corrected chi connectivity index (χ2v) is 5.23. The SMILES string of the molecule is CCc1ncnc2c1CCN(Cc1ccncc1)CC2. The molecule has 0 radical (unpaired) electrons. The van der Waals surface area contributed by atoms with Crippen molar-refractivity contribution < 1.29 is 0 Å². The van der Waals surface area contributed by atoms with Crippen molar-refractivity contribution in [2.45, 2.75) is 32.7 Å². The van der Waals surface area contributed by atoms with Crippen LogP contribution in [0.2, 0.25) is 0 Å². The average Bonchev–Trinajstić information content (AvgIpc) is 2.71. The highest BCUT2D eigenvalue weighted by atomic mass is 15.1. The van der Waals surface area contributed by atoms with Crippen molar-refractivity contribution in [3.05, 3.63) is 53.4 Å². The van der Waals surface area contributed by atoms with E-state index in [9.17, 15) is 0 Å². The van der Waals surface area contributed by atoms with E-state index in [1.54, 1.807) is 6.33 Å². The number of hydrogen-bond donors (Lipinski definition) is 0. The summed E-state index contributed by atoms with van der Waals surface area (Å²) in [6, 6.07) is 4.19. The van der Waals surface area contributed by atoms with E-state index in [1.165, 1.54) is 22.5 Å². The number of fused-ring (bicyclic) bond motifs is 1. The summed E-state index contributed by atoms with van der Waals surface area (Å²) in [5.74, 6) is 0. The minimum atomic E-state index is 0.991.